The molecule has 1 aromatic heterocycles. The number of hydrogen-bond acceptors (Lipinski definition) is 7. The maximum Gasteiger partial charge on any atom is 0.287 e. The molecule has 0 radical (unpaired) electrons. The van der Waals surface area contributed by atoms with Crippen LogP contribution in [-0.4, -0.2) is 32.6 Å². The molecule has 1 aliphatic rings. The summed E-state index contributed by atoms with van der Waals surface area (Å²) in [6, 6.07) is 13.9. The van der Waals surface area contributed by atoms with E-state index in [-0.39, 0.29) is 39.8 Å². The molecule has 0 spiro atoms. The van der Waals surface area contributed by atoms with Crippen LogP contribution in [0.5, 0.6) is 0 Å². The second-order valence-electron chi connectivity index (χ2n) is 9.17. The van der Waals surface area contributed by atoms with Crippen molar-refractivity contribution in [2.24, 2.45) is 0 Å². The number of nitrogens with zero attached hydrogens (tertiary/aromatic N) is 3. The number of hydrogen-bond donors (Lipinski definition) is 1. The van der Waals surface area contributed by atoms with Crippen LogP contribution in [0.15, 0.2) is 59.0 Å². The molecule has 0 atom stereocenters. The molecule has 1 amide bonds. The molecule has 1 N–H and O–H groups in total. The number of nitro groups is 1. The van der Waals surface area contributed by atoms with Crippen molar-refractivity contribution in [3.05, 3.63) is 87.2 Å². The fraction of sp³-hybridized carbons (Fsp3) is 0.185. The Labute approximate surface area is 222 Å². The number of furan rings is 1. The largest absolute Gasteiger partial charge is 0.455 e. The van der Waals surface area contributed by atoms with Gasteiger partial charge in [-0.25, -0.2) is 17.1 Å². The molecule has 12 heteroatoms. The standard InChI is InChI=1S/C27H21FN4O6S/c1-30-27(33)25-21-12-20(15-3-4-15)23(13-24(21)38-26(25)16-5-7-18(28)8-6-16)31(39(2,36)37)19-9-10-22(32(34)35)17(11-19)14-29/h5-13,15H,3-4H2,1-2H3,(H,30,33). The van der Waals surface area contributed by atoms with Crippen molar-refractivity contribution in [3.8, 4) is 17.4 Å². The van der Waals surface area contributed by atoms with Crippen LogP contribution in [0.25, 0.3) is 22.3 Å². The number of nitrogens with one attached hydrogen (secondary N) is 1. The topological polar surface area (TPSA) is 147 Å². The highest BCUT2D eigenvalue weighted by atomic mass is 32.2. The lowest BCUT2D eigenvalue weighted by Crippen LogP contribution is -2.26. The normalized spacial score (nSPS) is 13.2. The van der Waals surface area contributed by atoms with E-state index in [1.165, 1.54) is 43.4 Å². The Bertz CT molecular complexity index is 1800. The van der Waals surface area contributed by atoms with E-state index in [9.17, 15) is 33.0 Å². The molecule has 4 aromatic rings. The minimum Gasteiger partial charge on any atom is -0.455 e. The summed E-state index contributed by atoms with van der Waals surface area (Å²) < 4.78 is 47.0. The molecule has 3 aromatic carbocycles. The van der Waals surface area contributed by atoms with E-state index in [4.69, 9.17) is 4.42 Å². The predicted molar refractivity (Wildman–Crippen MR) is 142 cm³/mol. The van der Waals surface area contributed by atoms with Crippen molar-refractivity contribution >= 4 is 44.0 Å². The SMILES string of the molecule is CNC(=O)c1c(-c2ccc(F)cc2)oc2cc(N(c3ccc([N+](=O)[O-])c(C#N)c3)S(C)(=O)=O)c(C3CC3)cc12. The molecular weight excluding hydrogens is 527 g/mol. The Kier molecular flexibility index (Phi) is 6.32. The highest BCUT2D eigenvalue weighted by Gasteiger charge is 2.34. The Morgan fingerprint density at radius 2 is 1.87 bits per heavy atom. The number of nitro benzene ring substituents is 1. The average Bonchev–Trinajstić information content (AvgIpc) is 3.67. The summed E-state index contributed by atoms with van der Waals surface area (Å²) in [6.45, 7) is 0. The smallest absolute Gasteiger partial charge is 0.287 e. The van der Waals surface area contributed by atoms with Crippen LogP contribution >= 0.6 is 0 Å². The van der Waals surface area contributed by atoms with Gasteiger partial charge in [0.2, 0.25) is 10.0 Å². The fourth-order valence-electron chi connectivity index (χ4n) is 4.61. The van der Waals surface area contributed by atoms with E-state index in [1.54, 1.807) is 12.1 Å². The molecule has 0 unspecified atom stereocenters. The van der Waals surface area contributed by atoms with E-state index in [2.05, 4.69) is 5.32 Å². The van der Waals surface area contributed by atoms with Gasteiger partial charge in [-0.3, -0.25) is 14.9 Å². The highest BCUT2D eigenvalue weighted by molar-refractivity contribution is 7.92. The summed E-state index contributed by atoms with van der Waals surface area (Å²) in [6.07, 6.45) is 2.57. The molecule has 1 heterocycles. The Morgan fingerprint density at radius 3 is 2.44 bits per heavy atom. The van der Waals surface area contributed by atoms with Crippen molar-refractivity contribution in [1.29, 1.82) is 5.26 Å². The number of carbonyl (C=O) groups is 1. The second kappa shape index (κ2) is 9.52. The monoisotopic (exact) mass is 548 g/mol. The van der Waals surface area contributed by atoms with Gasteiger partial charge in [-0.15, -0.1) is 0 Å². The van der Waals surface area contributed by atoms with E-state index < -0.39 is 32.4 Å². The number of anilines is 2. The average molecular weight is 549 g/mol. The van der Waals surface area contributed by atoms with Crippen molar-refractivity contribution in [2.45, 2.75) is 18.8 Å². The molecule has 0 bridgehead atoms. The van der Waals surface area contributed by atoms with Crippen LogP contribution in [0.4, 0.5) is 21.5 Å². The summed E-state index contributed by atoms with van der Waals surface area (Å²) in [5, 5.41) is 23.9. The van der Waals surface area contributed by atoms with Gasteiger partial charge in [0.15, 0.2) is 0 Å². The van der Waals surface area contributed by atoms with Gasteiger partial charge < -0.3 is 9.73 Å². The first-order chi connectivity index (χ1) is 18.5. The second-order valence-corrected chi connectivity index (χ2v) is 11.0. The summed E-state index contributed by atoms with van der Waals surface area (Å²) in [5.74, 6) is -0.699. The van der Waals surface area contributed by atoms with Gasteiger partial charge in [0, 0.05) is 30.1 Å². The quantitative estimate of drug-likeness (QED) is 0.242. The molecular formula is C27H21FN4O6S. The summed E-state index contributed by atoms with van der Waals surface area (Å²) in [5.41, 5.74) is 1.07. The van der Waals surface area contributed by atoms with E-state index in [0.717, 1.165) is 35.5 Å². The highest BCUT2D eigenvalue weighted by Crippen LogP contribution is 2.49. The van der Waals surface area contributed by atoms with E-state index in [1.807, 2.05) is 0 Å². The maximum absolute atomic E-state index is 13.6. The first-order valence-corrected chi connectivity index (χ1v) is 13.7. The van der Waals surface area contributed by atoms with Gasteiger partial charge in [0.05, 0.1) is 28.1 Å². The van der Waals surface area contributed by atoms with Crippen LogP contribution in [0.3, 0.4) is 0 Å². The van der Waals surface area contributed by atoms with Crippen LogP contribution in [0, 0.1) is 27.3 Å². The number of rotatable bonds is 7. The van der Waals surface area contributed by atoms with Gasteiger partial charge in [-0.2, -0.15) is 5.26 Å². The first-order valence-electron chi connectivity index (χ1n) is 11.8. The molecule has 10 nitrogen and oxygen atoms in total. The molecule has 1 saturated carbocycles. The molecule has 1 fully saturated rings. The van der Waals surface area contributed by atoms with Crippen molar-refractivity contribution in [3.63, 3.8) is 0 Å². The first kappa shape index (κ1) is 25.9. The summed E-state index contributed by atoms with van der Waals surface area (Å²) >= 11 is 0. The zero-order valence-electron chi connectivity index (χ0n) is 20.8. The van der Waals surface area contributed by atoms with Crippen LogP contribution in [-0.2, 0) is 10.0 Å². The lowest BCUT2D eigenvalue weighted by atomic mass is 10.00. The third kappa shape index (κ3) is 4.68. The lowest BCUT2D eigenvalue weighted by molar-refractivity contribution is -0.385. The number of fused-ring (bicyclic) bond motifs is 1. The molecule has 0 saturated heterocycles. The van der Waals surface area contributed by atoms with Gasteiger partial charge in [0.1, 0.15) is 28.8 Å². The number of carbonyl (C=O) groups excluding carboxylic acids is 1. The van der Waals surface area contributed by atoms with E-state index in [0.29, 0.717) is 16.5 Å². The summed E-state index contributed by atoms with van der Waals surface area (Å²) in [7, 11) is -2.54. The molecule has 198 valence electrons. The third-order valence-electron chi connectivity index (χ3n) is 6.50. The third-order valence-corrected chi connectivity index (χ3v) is 7.57. The lowest BCUT2D eigenvalue weighted by Gasteiger charge is -2.25. The van der Waals surface area contributed by atoms with Crippen molar-refractivity contribution in [1.82, 2.24) is 5.32 Å². The molecule has 1 aliphatic carbocycles. The van der Waals surface area contributed by atoms with Crippen LogP contribution in [0.1, 0.15) is 40.2 Å². The van der Waals surface area contributed by atoms with Gasteiger partial charge in [-0.1, -0.05) is 0 Å². The van der Waals surface area contributed by atoms with Crippen LogP contribution < -0.4 is 9.62 Å². The predicted octanol–water partition coefficient (Wildman–Crippen LogP) is 5.35. The number of nitriles is 1. The zero-order chi connectivity index (χ0) is 28.1. The van der Waals surface area contributed by atoms with Crippen molar-refractivity contribution < 1.29 is 26.9 Å². The maximum atomic E-state index is 13.6. The Balaban J connectivity index is 1.79. The zero-order valence-corrected chi connectivity index (χ0v) is 21.6. The minimum absolute atomic E-state index is 0.00356. The number of sulfonamides is 1. The summed E-state index contributed by atoms with van der Waals surface area (Å²) in [4.78, 5) is 23.6. The van der Waals surface area contributed by atoms with Crippen molar-refractivity contribution in [2.75, 3.05) is 17.6 Å². The minimum atomic E-state index is -4.02. The molecule has 0 aliphatic heterocycles. The van der Waals surface area contributed by atoms with Gasteiger partial charge >= 0.3 is 0 Å². The van der Waals surface area contributed by atoms with E-state index >= 15 is 0 Å². The number of halogens is 1. The molecule has 39 heavy (non-hydrogen) atoms. The Hall–Kier alpha value is -4.76. The number of benzene rings is 3. The fourth-order valence-corrected chi connectivity index (χ4v) is 5.62. The number of amides is 1. The van der Waals surface area contributed by atoms with Gasteiger partial charge in [-0.05, 0) is 66.8 Å². The van der Waals surface area contributed by atoms with Crippen LogP contribution in [0.2, 0.25) is 0 Å². The Morgan fingerprint density at radius 1 is 1.18 bits per heavy atom. The molecule has 5 rings (SSSR count). The van der Waals surface area contributed by atoms with Gasteiger partial charge in [0.25, 0.3) is 11.6 Å².